The Hall–Kier alpha value is -0.940. The third kappa shape index (κ3) is 3.78. The van der Waals surface area contributed by atoms with E-state index in [-0.39, 0.29) is 4.90 Å². The fraction of sp³-hybridized carbons (Fsp3) is 0.583. The highest BCUT2D eigenvalue weighted by atomic mass is 32.2. The molecular formula is C12H20N2O2S. The lowest BCUT2D eigenvalue weighted by molar-refractivity contribution is 0.402. The standard InChI is InChI=1S/C12H20N2O2S/c1-3-5-10-14(9-4-2)17(15,16)12-7-6-8-13-11-12/h6-8,11H,3-5,9-10H2,1-2H3. The summed E-state index contributed by atoms with van der Waals surface area (Å²) in [6, 6.07) is 3.24. The van der Waals surface area contributed by atoms with Crippen molar-refractivity contribution in [2.75, 3.05) is 13.1 Å². The lowest BCUT2D eigenvalue weighted by atomic mass is 10.3. The molecule has 17 heavy (non-hydrogen) atoms. The number of aromatic nitrogens is 1. The van der Waals surface area contributed by atoms with Gasteiger partial charge in [-0.1, -0.05) is 20.3 Å². The Morgan fingerprint density at radius 2 is 2.00 bits per heavy atom. The van der Waals surface area contributed by atoms with Gasteiger partial charge in [0.05, 0.1) is 0 Å². The maximum atomic E-state index is 12.3. The normalized spacial score (nSPS) is 11.9. The molecule has 0 aromatic carbocycles. The summed E-state index contributed by atoms with van der Waals surface area (Å²) in [5, 5.41) is 0. The van der Waals surface area contributed by atoms with Crippen LogP contribution in [0, 0.1) is 0 Å². The molecule has 0 bridgehead atoms. The molecule has 4 nitrogen and oxygen atoms in total. The molecule has 1 heterocycles. The van der Waals surface area contributed by atoms with Crippen molar-refractivity contribution in [3.05, 3.63) is 24.5 Å². The minimum absolute atomic E-state index is 0.282. The maximum absolute atomic E-state index is 12.3. The topological polar surface area (TPSA) is 50.3 Å². The van der Waals surface area contributed by atoms with Crippen molar-refractivity contribution < 1.29 is 8.42 Å². The van der Waals surface area contributed by atoms with Crippen LogP contribution in [0.3, 0.4) is 0 Å². The molecule has 1 aromatic heterocycles. The van der Waals surface area contributed by atoms with Crippen molar-refractivity contribution in [3.63, 3.8) is 0 Å². The van der Waals surface area contributed by atoms with Crippen LogP contribution < -0.4 is 0 Å². The van der Waals surface area contributed by atoms with E-state index in [0.717, 1.165) is 19.3 Å². The summed E-state index contributed by atoms with van der Waals surface area (Å²) in [6.45, 7) is 5.19. The second-order valence-electron chi connectivity index (χ2n) is 3.95. The first-order valence-corrected chi connectivity index (χ1v) is 7.47. The SMILES string of the molecule is CCCCN(CCC)S(=O)(=O)c1cccnc1. The lowest BCUT2D eigenvalue weighted by Gasteiger charge is -2.21. The van der Waals surface area contributed by atoms with Gasteiger partial charge in [-0.2, -0.15) is 4.31 Å². The predicted molar refractivity (Wildman–Crippen MR) is 68.2 cm³/mol. The molecule has 5 heteroatoms. The molecule has 1 rings (SSSR count). The minimum atomic E-state index is -3.36. The van der Waals surface area contributed by atoms with E-state index in [2.05, 4.69) is 11.9 Å². The molecule has 0 aliphatic heterocycles. The van der Waals surface area contributed by atoms with Crippen LogP contribution in [0.25, 0.3) is 0 Å². The van der Waals surface area contributed by atoms with Gasteiger partial charge in [0.2, 0.25) is 10.0 Å². The lowest BCUT2D eigenvalue weighted by Crippen LogP contribution is -2.32. The van der Waals surface area contributed by atoms with E-state index < -0.39 is 10.0 Å². The third-order valence-electron chi connectivity index (χ3n) is 2.51. The molecule has 0 fully saturated rings. The second-order valence-corrected chi connectivity index (χ2v) is 5.88. The van der Waals surface area contributed by atoms with Crippen molar-refractivity contribution >= 4 is 10.0 Å². The van der Waals surface area contributed by atoms with Gasteiger partial charge in [-0.25, -0.2) is 8.42 Å². The van der Waals surface area contributed by atoms with Crippen molar-refractivity contribution in [2.24, 2.45) is 0 Å². The predicted octanol–water partition coefficient (Wildman–Crippen LogP) is 2.28. The van der Waals surface area contributed by atoms with Crippen LogP contribution in [-0.2, 0) is 10.0 Å². The maximum Gasteiger partial charge on any atom is 0.244 e. The number of rotatable bonds is 7. The van der Waals surface area contributed by atoms with Crippen LogP contribution in [0.5, 0.6) is 0 Å². The van der Waals surface area contributed by atoms with Crippen LogP contribution in [0.1, 0.15) is 33.1 Å². The first-order valence-electron chi connectivity index (χ1n) is 6.03. The molecule has 0 amide bonds. The number of unbranched alkanes of at least 4 members (excludes halogenated alkanes) is 1. The molecule has 0 N–H and O–H groups in total. The summed E-state index contributed by atoms with van der Waals surface area (Å²) in [5.41, 5.74) is 0. The first kappa shape index (κ1) is 14.1. The summed E-state index contributed by atoms with van der Waals surface area (Å²) < 4.78 is 26.2. The smallest absolute Gasteiger partial charge is 0.244 e. The molecule has 1 aromatic rings. The molecule has 0 atom stereocenters. The zero-order valence-corrected chi connectivity index (χ0v) is 11.3. The quantitative estimate of drug-likeness (QED) is 0.752. The Labute approximate surface area is 104 Å². The number of hydrogen-bond acceptors (Lipinski definition) is 3. The molecule has 0 unspecified atom stereocenters. The average molecular weight is 256 g/mol. The highest BCUT2D eigenvalue weighted by molar-refractivity contribution is 7.89. The van der Waals surface area contributed by atoms with Crippen LogP contribution in [0.15, 0.2) is 29.4 Å². The van der Waals surface area contributed by atoms with E-state index in [1.165, 1.54) is 6.20 Å². The summed E-state index contributed by atoms with van der Waals surface area (Å²) in [4.78, 5) is 4.15. The Morgan fingerprint density at radius 3 is 2.53 bits per heavy atom. The van der Waals surface area contributed by atoms with Gasteiger partial charge in [-0.05, 0) is 25.0 Å². The van der Waals surface area contributed by atoms with Gasteiger partial charge in [0, 0.05) is 25.5 Å². The van der Waals surface area contributed by atoms with Gasteiger partial charge in [0.25, 0.3) is 0 Å². The second kappa shape index (κ2) is 6.71. The molecular weight excluding hydrogens is 236 g/mol. The largest absolute Gasteiger partial charge is 0.263 e. The summed E-state index contributed by atoms with van der Waals surface area (Å²) in [5.74, 6) is 0. The van der Waals surface area contributed by atoms with Crippen LogP contribution >= 0.6 is 0 Å². The zero-order valence-electron chi connectivity index (χ0n) is 10.5. The summed E-state index contributed by atoms with van der Waals surface area (Å²) in [6.07, 6.45) is 5.69. The fourth-order valence-electron chi connectivity index (χ4n) is 1.58. The van der Waals surface area contributed by atoms with E-state index in [1.54, 1.807) is 22.6 Å². The van der Waals surface area contributed by atoms with E-state index >= 15 is 0 Å². The highest BCUT2D eigenvalue weighted by Gasteiger charge is 2.22. The third-order valence-corrected chi connectivity index (χ3v) is 4.39. The van der Waals surface area contributed by atoms with E-state index in [0.29, 0.717) is 13.1 Å². The molecule has 0 saturated carbocycles. The van der Waals surface area contributed by atoms with Gasteiger partial charge in [-0.3, -0.25) is 4.98 Å². The van der Waals surface area contributed by atoms with E-state index in [9.17, 15) is 8.42 Å². The minimum Gasteiger partial charge on any atom is -0.263 e. The van der Waals surface area contributed by atoms with Crippen LogP contribution in [0.4, 0.5) is 0 Å². The van der Waals surface area contributed by atoms with Gasteiger partial charge < -0.3 is 0 Å². The summed E-state index contributed by atoms with van der Waals surface area (Å²) in [7, 11) is -3.36. The van der Waals surface area contributed by atoms with Crippen LogP contribution in [-0.4, -0.2) is 30.8 Å². The summed E-state index contributed by atoms with van der Waals surface area (Å²) >= 11 is 0. The Balaban J connectivity index is 2.92. The highest BCUT2D eigenvalue weighted by Crippen LogP contribution is 2.15. The number of sulfonamides is 1. The number of nitrogens with zero attached hydrogens (tertiary/aromatic N) is 2. The number of pyridine rings is 1. The van der Waals surface area contributed by atoms with Crippen molar-refractivity contribution in [1.29, 1.82) is 0 Å². The Kier molecular flexibility index (Phi) is 5.58. The zero-order chi connectivity index (χ0) is 12.7. The van der Waals surface area contributed by atoms with Gasteiger partial charge in [-0.15, -0.1) is 0 Å². The van der Waals surface area contributed by atoms with Crippen molar-refractivity contribution in [2.45, 2.75) is 38.0 Å². The molecule has 96 valence electrons. The monoisotopic (exact) mass is 256 g/mol. The van der Waals surface area contributed by atoms with E-state index in [1.807, 2.05) is 6.92 Å². The van der Waals surface area contributed by atoms with Crippen LogP contribution in [0.2, 0.25) is 0 Å². The van der Waals surface area contributed by atoms with Gasteiger partial charge >= 0.3 is 0 Å². The van der Waals surface area contributed by atoms with Gasteiger partial charge in [0.1, 0.15) is 4.90 Å². The molecule has 0 aliphatic rings. The fourth-order valence-corrected chi connectivity index (χ4v) is 3.12. The first-order chi connectivity index (χ1) is 8.12. The average Bonchev–Trinajstić information content (AvgIpc) is 2.35. The molecule has 0 saturated heterocycles. The Bertz CT molecular complexity index is 417. The molecule has 0 radical (unpaired) electrons. The molecule has 0 aliphatic carbocycles. The van der Waals surface area contributed by atoms with E-state index in [4.69, 9.17) is 0 Å². The molecule has 0 spiro atoms. The Morgan fingerprint density at radius 1 is 1.24 bits per heavy atom. The van der Waals surface area contributed by atoms with Crippen molar-refractivity contribution in [3.8, 4) is 0 Å². The van der Waals surface area contributed by atoms with Crippen molar-refractivity contribution in [1.82, 2.24) is 9.29 Å². The van der Waals surface area contributed by atoms with Gasteiger partial charge in [0.15, 0.2) is 0 Å². The number of hydrogen-bond donors (Lipinski definition) is 0.